The van der Waals surface area contributed by atoms with E-state index < -0.39 is 10.0 Å². The molecule has 2 N–H and O–H groups in total. The van der Waals surface area contributed by atoms with Gasteiger partial charge in [-0.2, -0.15) is 11.8 Å². The molecule has 3 aromatic rings. The van der Waals surface area contributed by atoms with Crippen molar-refractivity contribution in [2.24, 2.45) is 0 Å². The number of carbonyl (C=O) groups is 1. The molecule has 0 saturated carbocycles. The van der Waals surface area contributed by atoms with Crippen molar-refractivity contribution in [2.75, 3.05) is 17.0 Å². The van der Waals surface area contributed by atoms with Crippen molar-refractivity contribution in [1.29, 1.82) is 0 Å². The van der Waals surface area contributed by atoms with E-state index in [1.54, 1.807) is 36.9 Å². The Balaban J connectivity index is 1.62. The zero-order chi connectivity index (χ0) is 24.0. The van der Waals surface area contributed by atoms with Gasteiger partial charge in [0.2, 0.25) is 0 Å². The number of aryl methyl sites for hydroxylation is 3. The zero-order valence-electron chi connectivity index (χ0n) is 18.8. The number of nitrogens with one attached hydrogen (secondary N) is 2. The van der Waals surface area contributed by atoms with Crippen molar-refractivity contribution in [3.8, 4) is 0 Å². The number of carbonyl (C=O) groups excluding carboxylic acids is 1. The first-order valence-corrected chi connectivity index (χ1v) is 13.5. The minimum Gasteiger partial charge on any atom is -0.351 e. The van der Waals surface area contributed by atoms with Gasteiger partial charge in [0.1, 0.15) is 0 Å². The van der Waals surface area contributed by atoms with Gasteiger partial charge in [-0.1, -0.05) is 41.9 Å². The monoisotopic (exact) mass is 502 g/mol. The predicted molar refractivity (Wildman–Crippen MR) is 138 cm³/mol. The largest absolute Gasteiger partial charge is 0.351 e. The molecule has 0 bridgehead atoms. The first-order valence-electron chi connectivity index (χ1n) is 10.5. The molecule has 1 amide bonds. The lowest BCUT2D eigenvalue weighted by Crippen LogP contribution is -2.26. The number of amides is 1. The quantitative estimate of drug-likeness (QED) is 0.366. The molecule has 33 heavy (non-hydrogen) atoms. The van der Waals surface area contributed by atoms with Crippen molar-refractivity contribution < 1.29 is 13.2 Å². The summed E-state index contributed by atoms with van der Waals surface area (Å²) < 4.78 is 28.8. The first kappa shape index (κ1) is 25.1. The Morgan fingerprint density at radius 1 is 0.970 bits per heavy atom. The fourth-order valence-corrected chi connectivity index (χ4v) is 5.64. The van der Waals surface area contributed by atoms with Crippen LogP contribution in [0.5, 0.6) is 0 Å². The van der Waals surface area contributed by atoms with Crippen LogP contribution in [0.1, 0.15) is 32.6 Å². The Bertz CT molecular complexity index is 1260. The highest BCUT2D eigenvalue weighted by atomic mass is 35.5. The van der Waals surface area contributed by atoms with Crippen LogP contribution in [-0.4, -0.2) is 26.6 Å². The lowest BCUT2D eigenvalue weighted by molar-refractivity contribution is 0.0956. The summed E-state index contributed by atoms with van der Waals surface area (Å²) in [6.07, 6.45) is 0. The Morgan fingerprint density at radius 3 is 2.48 bits per heavy atom. The van der Waals surface area contributed by atoms with E-state index >= 15 is 0 Å². The molecule has 174 valence electrons. The van der Waals surface area contributed by atoms with Gasteiger partial charge in [-0.05, 0) is 73.4 Å². The Hall–Kier alpha value is -2.48. The summed E-state index contributed by atoms with van der Waals surface area (Å²) in [5, 5.41) is 3.57. The maximum absolute atomic E-state index is 13.1. The van der Waals surface area contributed by atoms with Gasteiger partial charge < -0.3 is 5.32 Å². The number of hydrogen-bond donors (Lipinski definition) is 2. The van der Waals surface area contributed by atoms with E-state index in [2.05, 4.69) is 10.0 Å². The number of thioether (sulfide) groups is 1. The van der Waals surface area contributed by atoms with Crippen LogP contribution in [0, 0.1) is 20.8 Å². The highest BCUT2D eigenvalue weighted by Gasteiger charge is 2.20. The predicted octanol–water partition coefficient (Wildman–Crippen LogP) is 5.73. The maximum Gasteiger partial charge on any atom is 0.262 e. The summed E-state index contributed by atoms with van der Waals surface area (Å²) in [6.45, 7) is 5.94. The second-order valence-corrected chi connectivity index (χ2v) is 11.0. The Labute approximate surface area is 205 Å². The van der Waals surface area contributed by atoms with Crippen LogP contribution < -0.4 is 10.0 Å². The average Bonchev–Trinajstić information content (AvgIpc) is 2.76. The second-order valence-electron chi connectivity index (χ2n) is 7.84. The van der Waals surface area contributed by atoms with Gasteiger partial charge in [-0.15, -0.1) is 0 Å². The number of rotatable bonds is 9. The van der Waals surface area contributed by atoms with Gasteiger partial charge in [0, 0.05) is 28.6 Å². The van der Waals surface area contributed by atoms with Crippen LogP contribution in [-0.2, 0) is 15.8 Å². The van der Waals surface area contributed by atoms with E-state index in [0.717, 1.165) is 28.2 Å². The van der Waals surface area contributed by atoms with Crippen molar-refractivity contribution in [3.05, 3.63) is 93.5 Å². The number of anilines is 1. The van der Waals surface area contributed by atoms with Gasteiger partial charge in [-0.25, -0.2) is 8.42 Å². The summed E-state index contributed by atoms with van der Waals surface area (Å²) in [5.41, 5.74) is 4.31. The second kappa shape index (κ2) is 11.1. The van der Waals surface area contributed by atoms with E-state index in [9.17, 15) is 13.2 Å². The van der Waals surface area contributed by atoms with E-state index in [1.807, 2.05) is 50.2 Å². The minimum absolute atomic E-state index is 0.0892. The van der Waals surface area contributed by atoms with E-state index in [-0.39, 0.29) is 10.8 Å². The number of hydrogen-bond acceptors (Lipinski definition) is 4. The number of sulfonamides is 1. The summed E-state index contributed by atoms with van der Waals surface area (Å²) in [5.74, 6) is 1.22. The minimum atomic E-state index is -3.85. The number of halogens is 1. The standard InChI is InChI=1S/C25H27ClN2O3S2/c1-17-7-8-18(2)23(13-17)28-33(30,31)24-15-21(10-9-19(24)3)25(29)27-11-12-32-16-20-5-4-6-22(26)14-20/h4-10,13-15,28H,11-12,16H2,1-3H3,(H,27,29). The van der Waals surface area contributed by atoms with Crippen molar-refractivity contribution >= 4 is 45.0 Å². The molecule has 0 atom stereocenters. The molecule has 0 heterocycles. The third-order valence-electron chi connectivity index (χ3n) is 5.07. The SMILES string of the molecule is Cc1ccc(C)c(NS(=O)(=O)c2cc(C(=O)NCCSCc3cccc(Cl)c3)ccc2C)c1. The summed E-state index contributed by atoms with van der Waals surface area (Å²) >= 11 is 7.68. The fourth-order valence-electron chi connectivity index (χ4n) is 3.23. The van der Waals surface area contributed by atoms with Gasteiger partial charge in [0.15, 0.2) is 0 Å². The van der Waals surface area contributed by atoms with Gasteiger partial charge in [0.25, 0.3) is 15.9 Å². The van der Waals surface area contributed by atoms with Crippen molar-refractivity contribution in [1.82, 2.24) is 5.32 Å². The van der Waals surface area contributed by atoms with E-state index in [1.165, 1.54) is 6.07 Å². The molecule has 0 fully saturated rings. The first-order chi connectivity index (χ1) is 15.7. The summed E-state index contributed by atoms with van der Waals surface area (Å²) in [6, 6.07) is 18.0. The van der Waals surface area contributed by atoms with Crippen molar-refractivity contribution in [3.63, 3.8) is 0 Å². The van der Waals surface area contributed by atoms with Crippen LogP contribution in [0.25, 0.3) is 0 Å². The molecule has 0 aliphatic heterocycles. The molecule has 8 heteroatoms. The molecule has 0 aliphatic carbocycles. The lowest BCUT2D eigenvalue weighted by Gasteiger charge is -2.14. The highest BCUT2D eigenvalue weighted by molar-refractivity contribution is 7.98. The van der Waals surface area contributed by atoms with Crippen LogP contribution in [0.2, 0.25) is 5.02 Å². The Kier molecular flexibility index (Phi) is 8.46. The molecule has 0 saturated heterocycles. The number of benzene rings is 3. The van der Waals surface area contributed by atoms with Gasteiger partial charge >= 0.3 is 0 Å². The van der Waals surface area contributed by atoms with Crippen LogP contribution in [0.15, 0.2) is 65.6 Å². The Morgan fingerprint density at radius 2 is 1.73 bits per heavy atom. The fraction of sp³-hybridized carbons (Fsp3) is 0.240. The molecular weight excluding hydrogens is 476 g/mol. The molecule has 0 aromatic heterocycles. The summed E-state index contributed by atoms with van der Waals surface area (Å²) in [4.78, 5) is 12.7. The molecule has 5 nitrogen and oxygen atoms in total. The third-order valence-corrected chi connectivity index (χ3v) is 7.84. The molecule has 3 aromatic carbocycles. The smallest absolute Gasteiger partial charge is 0.262 e. The van der Waals surface area contributed by atoms with E-state index in [0.29, 0.717) is 28.4 Å². The average molecular weight is 503 g/mol. The van der Waals surface area contributed by atoms with Crippen LogP contribution in [0.3, 0.4) is 0 Å². The topological polar surface area (TPSA) is 75.3 Å². The molecule has 0 radical (unpaired) electrons. The molecular formula is C25H27ClN2O3S2. The van der Waals surface area contributed by atoms with Crippen molar-refractivity contribution in [2.45, 2.75) is 31.4 Å². The molecule has 0 spiro atoms. The van der Waals surface area contributed by atoms with Gasteiger partial charge in [-0.3, -0.25) is 9.52 Å². The van der Waals surface area contributed by atoms with Crippen LogP contribution in [0.4, 0.5) is 5.69 Å². The highest BCUT2D eigenvalue weighted by Crippen LogP contribution is 2.24. The lowest BCUT2D eigenvalue weighted by atomic mass is 10.1. The van der Waals surface area contributed by atoms with Crippen LogP contribution >= 0.6 is 23.4 Å². The van der Waals surface area contributed by atoms with Gasteiger partial charge in [0.05, 0.1) is 10.6 Å². The maximum atomic E-state index is 13.1. The van der Waals surface area contributed by atoms with E-state index in [4.69, 9.17) is 11.6 Å². The molecule has 0 aliphatic rings. The molecule has 0 unspecified atom stereocenters. The normalized spacial score (nSPS) is 11.3. The third kappa shape index (κ3) is 7.00. The summed E-state index contributed by atoms with van der Waals surface area (Å²) in [7, 11) is -3.85. The molecule has 3 rings (SSSR count). The zero-order valence-corrected chi connectivity index (χ0v) is 21.2.